The van der Waals surface area contributed by atoms with Gasteiger partial charge < -0.3 is 15.0 Å². The second kappa shape index (κ2) is 9.69. The first-order valence-corrected chi connectivity index (χ1v) is 11.6. The van der Waals surface area contributed by atoms with E-state index in [1.807, 2.05) is 6.92 Å². The molecule has 1 unspecified atom stereocenters. The topological polar surface area (TPSA) is 96.0 Å². The van der Waals surface area contributed by atoms with E-state index >= 15 is 0 Å². The van der Waals surface area contributed by atoms with E-state index < -0.39 is 10.0 Å². The average molecular weight is 424 g/mol. The molecule has 2 aliphatic rings. The average Bonchev–Trinajstić information content (AvgIpc) is 2.77. The van der Waals surface area contributed by atoms with Crippen LogP contribution in [-0.2, 0) is 30.9 Å². The summed E-state index contributed by atoms with van der Waals surface area (Å²) < 4.78 is 31.9. The summed E-state index contributed by atoms with van der Waals surface area (Å²) in [7, 11) is -3.52. The summed E-state index contributed by atoms with van der Waals surface area (Å²) in [5, 5.41) is 2.91. The van der Waals surface area contributed by atoms with Gasteiger partial charge in [0.1, 0.15) is 0 Å². The van der Waals surface area contributed by atoms with E-state index in [1.165, 1.54) is 4.31 Å². The summed E-state index contributed by atoms with van der Waals surface area (Å²) >= 11 is 0. The van der Waals surface area contributed by atoms with Gasteiger partial charge in [-0.3, -0.25) is 9.59 Å². The maximum absolute atomic E-state index is 12.7. The van der Waals surface area contributed by atoms with Crippen LogP contribution in [0.3, 0.4) is 0 Å². The molecular weight excluding hydrogens is 394 g/mol. The molecule has 1 atom stereocenters. The van der Waals surface area contributed by atoms with Crippen molar-refractivity contribution in [1.82, 2.24) is 14.5 Å². The molecule has 3 rings (SSSR count). The van der Waals surface area contributed by atoms with E-state index in [9.17, 15) is 18.0 Å². The summed E-state index contributed by atoms with van der Waals surface area (Å²) in [6, 6.07) is 6.60. The quantitative estimate of drug-likeness (QED) is 0.736. The Hall–Kier alpha value is -1.97. The third-order valence-corrected chi connectivity index (χ3v) is 7.36. The number of carbonyl (C=O) groups excluding carboxylic acids is 2. The molecule has 0 bridgehead atoms. The van der Waals surface area contributed by atoms with Gasteiger partial charge >= 0.3 is 0 Å². The summed E-state index contributed by atoms with van der Waals surface area (Å²) in [6.07, 6.45) is 2.06. The molecule has 0 saturated carbocycles. The lowest BCUT2D eigenvalue weighted by Gasteiger charge is -2.32. The summed E-state index contributed by atoms with van der Waals surface area (Å²) in [4.78, 5) is 26.4. The van der Waals surface area contributed by atoms with Crippen molar-refractivity contribution in [3.05, 3.63) is 29.8 Å². The van der Waals surface area contributed by atoms with Crippen LogP contribution in [0.4, 0.5) is 0 Å². The first-order valence-electron chi connectivity index (χ1n) is 10.1. The van der Waals surface area contributed by atoms with Crippen molar-refractivity contribution >= 4 is 21.8 Å². The van der Waals surface area contributed by atoms with Crippen molar-refractivity contribution in [3.63, 3.8) is 0 Å². The van der Waals surface area contributed by atoms with Crippen LogP contribution in [0, 0.1) is 5.92 Å². The molecule has 1 N–H and O–H groups in total. The van der Waals surface area contributed by atoms with Crippen LogP contribution in [0.15, 0.2) is 29.2 Å². The first-order chi connectivity index (χ1) is 13.9. The molecule has 0 aromatic heterocycles. The van der Waals surface area contributed by atoms with Gasteiger partial charge in [-0.2, -0.15) is 4.31 Å². The maximum atomic E-state index is 12.7. The van der Waals surface area contributed by atoms with Crippen LogP contribution in [0.5, 0.6) is 0 Å². The number of benzene rings is 1. The minimum absolute atomic E-state index is 0.0661. The van der Waals surface area contributed by atoms with Gasteiger partial charge in [-0.1, -0.05) is 19.1 Å². The maximum Gasteiger partial charge on any atom is 0.243 e. The predicted molar refractivity (Wildman–Crippen MR) is 107 cm³/mol. The monoisotopic (exact) mass is 423 g/mol. The van der Waals surface area contributed by atoms with E-state index in [4.69, 9.17) is 4.74 Å². The number of amides is 2. The minimum atomic E-state index is -3.52. The van der Waals surface area contributed by atoms with E-state index in [0.29, 0.717) is 45.8 Å². The third-order valence-electron chi connectivity index (χ3n) is 5.45. The Morgan fingerprint density at radius 2 is 1.83 bits per heavy atom. The fourth-order valence-electron chi connectivity index (χ4n) is 3.69. The molecule has 9 heteroatoms. The molecule has 0 spiro atoms. The molecule has 8 nitrogen and oxygen atoms in total. The third kappa shape index (κ3) is 5.34. The highest BCUT2D eigenvalue weighted by Gasteiger charge is 2.28. The van der Waals surface area contributed by atoms with E-state index in [2.05, 4.69) is 5.32 Å². The molecule has 1 aromatic rings. The Bertz CT molecular complexity index is 819. The SMILES string of the molecule is CCC(=O)N1CCCC(C(=O)NCc2ccc(S(=O)(=O)N3CCOCC3)cc2)C1. The molecule has 1 aromatic carbocycles. The van der Waals surface area contributed by atoms with Gasteiger partial charge in [0.05, 0.1) is 24.0 Å². The molecular formula is C20H29N3O5S. The Kier molecular flexibility index (Phi) is 7.26. The molecule has 2 saturated heterocycles. The van der Waals surface area contributed by atoms with Crippen LogP contribution in [0.25, 0.3) is 0 Å². The van der Waals surface area contributed by atoms with E-state index in [0.717, 1.165) is 24.9 Å². The van der Waals surface area contributed by atoms with Crippen molar-refractivity contribution in [3.8, 4) is 0 Å². The normalized spacial score (nSPS) is 21.0. The molecule has 0 radical (unpaired) electrons. The van der Waals surface area contributed by atoms with Crippen molar-refractivity contribution in [2.45, 2.75) is 37.6 Å². The molecule has 2 aliphatic heterocycles. The second-order valence-corrected chi connectivity index (χ2v) is 9.35. The molecule has 29 heavy (non-hydrogen) atoms. The van der Waals surface area contributed by atoms with E-state index in [-0.39, 0.29) is 22.6 Å². The highest BCUT2D eigenvalue weighted by molar-refractivity contribution is 7.89. The Labute approximate surface area is 172 Å². The number of nitrogens with one attached hydrogen (secondary N) is 1. The van der Waals surface area contributed by atoms with Crippen LogP contribution in [0.1, 0.15) is 31.7 Å². The molecule has 2 amide bonds. The smallest absolute Gasteiger partial charge is 0.243 e. The lowest BCUT2D eigenvalue weighted by Crippen LogP contribution is -2.45. The van der Waals surface area contributed by atoms with E-state index in [1.54, 1.807) is 29.2 Å². The fourth-order valence-corrected chi connectivity index (χ4v) is 5.10. The number of ether oxygens (including phenoxy) is 1. The summed E-state index contributed by atoms with van der Waals surface area (Å²) in [6.45, 7) is 4.88. The van der Waals surface area contributed by atoms with Gasteiger partial charge in [0.25, 0.3) is 0 Å². The largest absolute Gasteiger partial charge is 0.379 e. The number of hydrogen-bond donors (Lipinski definition) is 1. The highest BCUT2D eigenvalue weighted by Crippen LogP contribution is 2.19. The number of hydrogen-bond acceptors (Lipinski definition) is 5. The minimum Gasteiger partial charge on any atom is -0.379 e. The molecule has 2 fully saturated rings. The number of sulfonamides is 1. The number of likely N-dealkylation sites (tertiary alicyclic amines) is 1. The van der Waals surface area contributed by atoms with Crippen molar-refractivity contribution in [2.24, 2.45) is 5.92 Å². The van der Waals surface area contributed by atoms with Crippen molar-refractivity contribution in [1.29, 1.82) is 0 Å². The van der Waals surface area contributed by atoms with Gasteiger partial charge in [-0.05, 0) is 30.5 Å². The van der Waals surface area contributed by atoms with Gasteiger partial charge in [0.15, 0.2) is 0 Å². The van der Waals surface area contributed by atoms with Crippen LogP contribution < -0.4 is 5.32 Å². The molecule has 160 valence electrons. The lowest BCUT2D eigenvalue weighted by molar-refractivity contribution is -0.135. The van der Waals surface area contributed by atoms with Crippen molar-refractivity contribution in [2.75, 3.05) is 39.4 Å². The Morgan fingerprint density at radius 1 is 1.14 bits per heavy atom. The van der Waals surface area contributed by atoms with Gasteiger partial charge in [-0.25, -0.2) is 8.42 Å². The number of morpholine rings is 1. The number of nitrogens with zero attached hydrogens (tertiary/aromatic N) is 2. The fraction of sp³-hybridized carbons (Fsp3) is 0.600. The van der Waals surface area contributed by atoms with Crippen molar-refractivity contribution < 1.29 is 22.7 Å². The predicted octanol–water partition coefficient (Wildman–Crippen LogP) is 0.972. The van der Waals surface area contributed by atoms with Gasteiger partial charge in [-0.15, -0.1) is 0 Å². The second-order valence-electron chi connectivity index (χ2n) is 7.41. The summed E-state index contributed by atoms with van der Waals surface area (Å²) in [5.41, 5.74) is 0.830. The number of rotatable bonds is 6. The zero-order chi connectivity index (χ0) is 20.9. The zero-order valence-corrected chi connectivity index (χ0v) is 17.6. The molecule has 2 heterocycles. The van der Waals surface area contributed by atoms with Gasteiger partial charge in [0, 0.05) is 39.1 Å². The number of carbonyl (C=O) groups is 2. The van der Waals surface area contributed by atoms with Crippen LogP contribution in [0.2, 0.25) is 0 Å². The lowest BCUT2D eigenvalue weighted by atomic mass is 9.97. The first kappa shape index (κ1) is 21.7. The van der Waals surface area contributed by atoms with Crippen LogP contribution >= 0.6 is 0 Å². The standard InChI is InChI=1S/C20H29N3O5S/c1-2-19(24)22-9-3-4-17(15-22)20(25)21-14-16-5-7-18(8-6-16)29(26,27)23-10-12-28-13-11-23/h5-8,17H,2-4,9-15H2,1H3,(H,21,25). The Morgan fingerprint density at radius 3 is 2.48 bits per heavy atom. The zero-order valence-electron chi connectivity index (χ0n) is 16.8. The molecule has 0 aliphatic carbocycles. The number of piperidine rings is 1. The van der Waals surface area contributed by atoms with Gasteiger partial charge in [0.2, 0.25) is 21.8 Å². The highest BCUT2D eigenvalue weighted by atomic mass is 32.2. The van der Waals surface area contributed by atoms with Crippen LogP contribution in [-0.4, -0.2) is 68.8 Å². The summed E-state index contributed by atoms with van der Waals surface area (Å²) in [5.74, 6) is -0.177. The Balaban J connectivity index is 1.54.